The first-order valence-corrected chi connectivity index (χ1v) is 16.7. The first-order chi connectivity index (χ1) is 23.8. The Hall–Kier alpha value is -6.05. The topological polar surface area (TPSA) is 12.9 Å². The minimum atomic E-state index is -0.493. The second kappa shape index (κ2) is 10.2. The van der Waals surface area contributed by atoms with Crippen molar-refractivity contribution in [2.75, 3.05) is 0 Å². The third kappa shape index (κ3) is 3.48. The summed E-state index contributed by atoms with van der Waals surface area (Å²) in [5, 5.41) is 7.73. The molecule has 0 saturated heterocycles. The van der Waals surface area contributed by atoms with E-state index < -0.39 is 5.41 Å². The number of nitrogens with zero attached hydrogens (tertiary/aromatic N) is 1. The van der Waals surface area contributed by atoms with Crippen molar-refractivity contribution in [3.8, 4) is 22.3 Å². The molecule has 0 atom stereocenters. The molecule has 0 amide bonds. The summed E-state index contributed by atoms with van der Waals surface area (Å²) in [5.74, 6) is 0. The van der Waals surface area contributed by atoms with Crippen molar-refractivity contribution in [3.05, 3.63) is 204 Å². The third-order valence-corrected chi connectivity index (χ3v) is 10.7. The number of hydrogen-bond acceptors (Lipinski definition) is 1. The molecule has 2 aliphatic rings. The molecule has 2 aliphatic carbocycles. The maximum atomic E-state index is 4.61. The van der Waals surface area contributed by atoms with Crippen molar-refractivity contribution < 1.29 is 0 Å². The highest BCUT2D eigenvalue weighted by Crippen LogP contribution is 2.66. The lowest BCUT2D eigenvalue weighted by Crippen LogP contribution is -2.26. The van der Waals surface area contributed by atoms with Gasteiger partial charge < -0.3 is 0 Å². The van der Waals surface area contributed by atoms with E-state index in [-0.39, 0.29) is 0 Å². The number of fused-ring (bicyclic) bond motifs is 17. The lowest BCUT2D eigenvalue weighted by molar-refractivity contribution is 0.802. The molecule has 0 N–H and O–H groups in total. The fourth-order valence-electron chi connectivity index (χ4n) is 8.94. The number of hydrogen-bond donors (Lipinski definition) is 0. The minimum Gasteiger partial charge on any atom is -0.261 e. The molecule has 1 heterocycles. The van der Waals surface area contributed by atoms with Crippen LogP contribution in [0.15, 0.2) is 171 Å². The van der Waals surface area contributed by atoms with E-state index in [1.54, 1.807) is 0 Å². The number of aromatic nitrogens is 1. The molecule has 0 radical (unpaired) electrons. The van der Waals surface area contributed by atoms with Gasteiger partial charge in [0.1, 0.15) is 0 Å². The van der Waals surface area contributed by atoms with Gasteiger partial charge in [-0.3, -0.25) is 4.98 Å². The summed E-state index contributed by atoms with van der Waals surface area (Å²) in [5.41, 5.74) is 13.6. The van der Waals surface area contributed by atoms with Crippen LogP contribution in [0.25, 0.3) is 60.1 Å². The molecule has 10 rings (SSSR count). The van der Waals surface area contributed by atoms with Crippen LogP contribution in [0.2, 0.25) is 0 Å². The molecular formula is C47H31N. The zero-order valence-electron chi connectivity index (χ0n) is 26.4. The number of benzene rings is 7. The van der Waals surface area contributed by atoms with Gasteiger partial charge in [-0.2, -0.15) is 0 Å². The van der Waals surface area contributed by atoms with Crippen LogP contribution in [0.3, 0.4) is 0 Å². The van der Waals surface area contributed by atoms with Gasteiger partial charge in [0.15, 0.2) is 0 Å². The van der Waals surface area contributed by atoms with Crippen molar-refractivity contribution >= 4 is 37.9 Å². The Labute approximate surface area is 280 Å². The van der Waals surface area contributed by atoms with Gasteiger partial charge in [0.05, 0.1) is 5.41 Å². The van der Waals surface area contributed by atoms with Gasteiger partial charge >= 0.3 is 0 Å². The average molecular weight is 610 g/mol. The summed E-state index contributed by atoms with van der Waals surface area (Å²) in [4.78, 5) is 4.61. The molecule has 0 bridgehead atoms. The molecule has 1 aromatic heterocycles. The average Bonchev–Trinajstić information content (AvgIpc) is 3.63. The van der Waals surface area contributed by atoms with E-state index in [1.807, 2.05) is 18.3 Å². The predicted octanol–water partition coefficient (Wildman–Crippen LogP) is 11.7. The first-order valence-electron chi connectivity index (χ1n) is 16.7. The molecule has 1 heteroatoms. The maximum Gasteiger partial charge on any atom is 0.0732 e. The summed E-state index contributed by atoms with van der Waals surface area (Å²) in [7, 11) is 0. The third-order valence-electron chi connectivity index (χ3n) is 10.7. The van der Waals surface area contributed by atoms with Gasteiger partial charge in [0, 0.05) is 18.3 Å². The van der Waals surface area contributed by atoms with Gasteiger partial charge in [-0.15, -0.1) is 0 Å². The summed E-state index contributed by atoms with van der Waals surface area (Å²) >= 11 is 0. The highest BCUT2D eigenvalue weighted by atomic mass is 14.7. The molecule has 0 aliphatic heterocycles. The molecule has 8 aromatic rings. The summed E-state index contributed by atoms with van der Waals surface area (Å²) < 4.78 is 0. The SMILES string of the molecule is C=C/C(=C\Cc1ccccn1)c1cc2c(c3ccccc13)-c1c(c3ccccc3c3ccccc13)C21c2ccccc2-c2ccccc21. The monoisotopic (exact) mass is 609 g/mol. The fourth-order valence-corrected chi connectivity index (χ4v) is 8.94. The van der Waals surface area contributed by atoms with E-state index in [2.05, 4.69) is 157 Å². The Kier molecular flexibility index (Phi) is 5.77. The Morgan fingerprint density at radius 3 is 1.73 bits per heavy atom. The summed E-state index contributed by atoms with van der Waals surface area (Å²) in [6, 6.07) is 53.8. The van der Waals surface area contributed by atoms with Crippen molar-refractivity contribution in [2.24, 2.45) is 0 Å². The van der Waals surface area contributed by atoms with Gasteiger partial charge in [-0.25, -0.2) is 0 Å². The number of pyridine rings is 1. The second-order valence-electron chi connectivity index (χ2n) is 13.0. The van der Waals surface area contributed by atoms with Crippen LogP contribution in [-0.4, -0.2) is 4.98 Å². The van der Waals surface area contributed by atoms with Crippen molar-refractivity contribution in [3.63, 3.8) is 0 Å². The van der Waals surface area contributed by atoms with E-state index in [4.69, 9.17) is 0 Å². The van der Waals surface area contributed by atoms with E-state index >= 15 is 0 Å². The highest BCUT2D eigenvalue weighted by Gasteiger charge is 2.53. The van der Waals surface area contributed by atoms with E-state index in [1.165, 1.54) is 82.4 Å². The smallest absolute Gasteiger partial charge is 0.0732 e. The predicted molar refractivity (Wildman–Crippen MR) is 201 cm³/mol. The molecule has 7 aromatic carbocycles. The van der Waals surface area contributed by atoms with Gasteiger partial charge in [0.2, 0.25) is 0 Å². The minimum absolute atomic E-state index is 0.493. The van der Waals surface area contributed by atoms with Crippen LogP contribution >= 0.6 is 0 Å². The quantitative estimate of drug-likeness (QED) is 0.143. The standard InChI is InChI=1S/C47H31N/c1-2-30(26-27-31-15-13-14-28-48-31)40-29-43-44(37-21-6-4-18-34(37)40)45-38-22-7-3-16-32(38)33-17-5-8-23-39(33)46(45)47(43)41-24-11-9-19-35(41)36-20-10-12-25-42(36)47/h2-26,28-29H,1,27H2/b30-26+. The van der Waals surface area contributed by atoms with Crippen LogP contribution in [0.4, 0.5) is 0 Å². The molecule has 0 saturated carbocycles. The molecular weight excluding hydrogens is 579 g/mol. The first kappa shape index (κ1) is 27.1. The van der Waals surface area contributed by atoms with Gasteiger partial charge in [0.25, 0.3) is 0 Å². The zero-order chi connectivity index (χ0) is 31.8. The molecule has 48 heavy (non-hydrogen) atoms. The highest BCUT2D eigenvalue weighted by molar-refractivity contribution is 6.23. The van der Waals surface area contributed by atoms with Crippen LogP contribution in [0.5, 0.6) is 0 Å². The normalized spacial score (nSPS) is 13.9. The Balaban J connectivity index is 1.43. The van der Waals surface area contributed by atoms with Crippen LogP contribution < -0.4 is 0 Å². The van der Waals surface area contributed by atoms with Gasteiger partial charge in [-0.05, 0) is 106 Å². The lowest BCUT2D eigenvalue weighted by Gasteiger charge is -2.32. The summed E-state index contributed by atoms with van der Waals surface area (Å²) in [6.45, 7) is 4.34. The Bertz CT molecular complexity index is 2610. The van der Waals surface area contributed by atoms with Crippen LogP contribution in [0, 0.1) is 0 Å². The van der Waals surface area contributed by atoms with Crippen molar-refractivity contribution in [2.45, 2.75) is 11.8 Å². The molecule has 0 unspecified atom stereocenters. The second-order valence-corrected chi connectivity index (χ2v) is 13.0. The van der Waals surface area contributed by atoms with Gasteiger partial charge in [-0.1, -0.05) is 146 Å². The lowest BCUT2D eigenvalue weighted by atomic mass is 9.68. The Morgan fingerprint density at radius 2 is 1.08 bits per heavy atom. The molecule has 0 fully saturated rings. The molecule has 1 nitrogen and oxygen atoms in total. The number of rotatable bonds is 4. The maximum absolute atomic E-state index is 4.61. The van der Waals surface area contributed by atoms with Crippen LogP contribution in [0.1, 0.15) is 33.5 Å². The van der Waals surface area contributed by atoms with E-state index in [9.17, 15) is 0 Å². The van der Waals surface area contributed by atoms with E-state index in [0.717, 1.165) is 17.7 Å². The molecule has 224 valence electrons. The van der Waals surface area contributed by atoms with Crippen molar-refractivity contribution in [1.82, 2.24) is 4.98 Å². The van der Waals surface area contributed by atoms with Crippen molar-refractivity contribution in [1.29, 1.82) is 0 Å². The molecule has 1 spiro atoms. The Morgan fingerprint density at radius 1 is 0.542 bits per heavy atom. The van der Waals surface area contributed by atoms with Crippen LogP contribution in [-0.2, 0) is 11.8 Å². The largest absolute Gasteiger partial charge is 0.261 e. The number of allylic oxidation sites excluding steroid dienone is 3. The fraction of sp³-hybridized carbons (Fsp3) is 0.0426. The summed E-state index contributed by atoms with van der Waals surface area (Å²) in [6.07, 6.45) is 6.92. The zero-order valence-corrected chi connectivity index (χ0v) is 26.4. The van der Waals surface area contributed by atoms with E-state index in [0.29, 0.717) is 0 Å².